The van der Waals surface area contributed by atoms with Crippen LogP contribution in [0.15, 0.2) is 24.3 Å². The van der Waals surface area contributed by atoms with E-state index in [4.69, 9.17) is 26.5 Å². The van der Waals surface area contributed by atoms with Crippen LogP contribution < -0.4 is 5.32 Å². The van der Waals surface area contributed by atoms with Crippen LogP contribution in [0, 0.1) is 5.92 Å². The minimum absolute atomic E-state index is 0.0908. The lowest BCUT2D eigenvalue weighted by Gasteiger charge is -2.17. The first-order valence-electron chi connectivity index (χ1n) is 6.46. The molecule has 0 saturated carbocycles. The molecular formula is C13H17ClNO6P. The van der Waals surface area contributed by atoms with Crippen LogP contribution in [0.5, 0.6) is 0 Å². The number of benzene rings is 1. The Morgan fingerprint density at radius 3 is 2.32 bits per heavy atom. The van der Waals surface area contributed by atoms with Gasteiger partial charge in [-0.3, -0.25) is 14.2 Å². The van der Waals surface area contributed by atoms with Crippen molar-refractivity contribution >= 4 is 31.1 Å². The molecule has 0 fully saturated rings. The van der Waals surface area contributed by atoms with Crippen LogP contribution in [-0.2, 0) is 20.6 Å². The average Bonchev–Trinajstić information content (AvgIpc) is 2.38. The van der Waals surface area contributed by atoms with Crippen LogP contribution in [0.2, 0.25) is 5.02 Å². The van der Waals surface area contributed by atoms with Gasteiger partial charge in [-0.25, -0.2) is 0 Å². The van der Waals surface area contributed by atoms with Gasteiger partial charge in [-0.2, -0.15) is 0 Å². The highest BCUT2D eigenvalue weighted by Gasteiger charge is 2.27. The number of aliphatic carboxylic acids is 1. The predicted molar refractivity (Wildman–Crippen MR) is 80.8 cm³/mol. The highest BCUT2D eigenvalue weighted by molar-refractivity contribution is 7.51. The summed E-state index contributed by atoms with van der Waals surface area (Å²) in [5.74, 6) is -2.60. The van der Waals surface area contributed by atoms with Crippen molar-refractivity contribution in [3.8, 4) is 0 Å². The Bertz CT molecular complexity index is 570. The third kappa shape index (κ3) is 7.56. The number of carboxylic acids is 1. The van der Waals surface area contributed by atoms with E-state index < -0.39 is 31.6 Å². The van der Waals surface area contributed by atoms with Crippen molar-refractivity contribution in [3.05, 3.63) is 34.9 Å². The van der Waals surface area contributed by atoms with Gasteiger partial charge in [-0.05, 0) is 24.1 Å². The molecule has 0 aliphatic heterocycles. The van der Waals surface area contributed by atoms with Crippen molar-refractivity contribution in [2.45, 2.75) is 12.8 Å². The van der Waals surface area contributed by atoms with Gasteiger partial charge >= 0.3 is 13.6 Å². The molecule has 4 N–H and O–H groups in total. The largest absolute Gasteiger partial charge is 0.481 e. The first kappa shape index (κ1) is 18.6. The van der Waals surface area contributed by atoms with Gasteiger partial charge in [-0.1, -0.05) is 23.7 Å². The van der Waals surface area contributed by atoms with Crippen LogP contribution in [0.1, 0.15) is 12.0 Å². The summed E-state index contributed by atoms with van der Waals surface area (Å²) in [7, 11) is -4.38. The molecule has 1 unspecified atom stereocenters. The first-order chi connectivity index (χ1) is 10.2. The lowest BCUT2D eigenvalue weighted by Crippen LogP contribution is -2.35. The van der Waals surface area contributed by atoms with E-state index >= 15 is 0 Å². The molecule has 0 spiro atoms. The van der Waals surface area contributed by atoms with Crippen molar-refractivity contribution in [2.24, 2.45) is 5.92 Å². The molecule has 1 aromatic rings. The fraction of sp³-hybridized carbons (Fsp3) is 0.385. The van der Waals surface area contributed by atoms with Crippen molar-refractivity contribution in [1.29, 1.82) is 0 Å². The maximum Gasteiger partial charge on any atom is 0.326 e. The van der Waals surface area contributed by atoms with Gasteiger partial charge in [0.15, 0.2) is 0 Å². The number of nitrogens with one attached hydrogen (secondary N) is 1. The monoisotopic (exact) mass is 349 g/mol. The maximum atomic E-state index is 12.0. The molecule has 0 aromatic heterocycles. The third-order valence-electron chi connectivity index (χ3n) is 2.86. The normalized spacial score (nSPS) is 12.7. The number of carbonyl (C=O) groups is 2. The molecule has 0 radical (unpaired) electrons. The van der Waals surface area contributed by atoms with Crippen molar-refractivity contribution < 1.29 is 29.0 Å². The van der Waals surface area contributed by atoms with Crippen molar-refractivity contribution in [2.75, 3.05) is 12.7 Å². The predicted octanol–water partition coefficient (Wildman–Crippen LogP) is 1.27. The number of halogens is 1. The SMILES string of the molecule is O=C(O)CCNC(=O)C(Cc1ccc(Cl)cc1)CP(=O)(O)O. The van der Waals surface area contributed by atoms with Gasteiger partial charge < -0.3 is 20.2 Å². The third-order valence-corrected chi connectivity index (χ3v) is 4.03. The lowest BCUT2D eigenvalue weighted by atomic mass is 10.00. The van der Waals surface area contributed by atoms with Gasteiger partial charge in [-0.15, -0.1) is 0 Å². The molecule has 0 bridgehead atoms. The van der Waals surface area contributed by atoms with E-state index in [2.05, 4.69) is 5.32 Å². The second-order valence-electron chi connectivity index (χ2n) is 4.81. The summed E-state index contributed by atoms with van der Waals surface area (Å²) in [5, 5.41) is 11.4. The van der Waals surface area contributed by atoms with E-state index in [0.717, 1.165) is 0 Å². The molecule has 0 aliphatic carbocycles. The van der Waals surface area contributed by atoms with Crippen LogP contribution in [0.3, 0.4) is 0 Å². The number of carbonyl (C=O) groups excluding carboxylic acids is 1. The van der Waals surface area contributed by atoms with Crippen molar-refractivity contribution in [1.82, 2.24) is 5.32 Å². The topological polar surface area (TPSA) is 124 Å². The summed E-state index contributed by atoms with van der Waals surface area (Å²) in [5.41, 5.74) is 0.705. The minimum atomic E-state index is -4.38. The number of carboxylic acid groups (broad SMARTS) is 1. The van der Waals surface area contributed by atoms with Gasteiger partial charge in [0.2, 0.25) is 5.91 Å². The summed E-state index contributed by atoms with van der Waals surface area (Å²) in [6, 6.07) is 6.57. The van der Waals surface area contributed by atoms with Gasteiger partial charge in [0.1, 0.15) is 0 Å². The zero-order valence-electron chi connectivity index (χ0n) is 11.6. The van der Waals surface area contributed by atoms with E-state index in [-0.39, 0.29) is 19.4 Å². The first-order valence-corrected chi connectivity index (χ1v) is 8.63. The summed E-state index contributed by atoms with van der Waals surface area (Å²) in [6.07, 6.45) is -0.731. The Hall–Kier alpha value is -1.40. The molecular weight excluding hydrogens is 333 g/mol. The Morgan fingerprint density at radius 1 is 1.23 bits per heavy atom. The van der Waals surface area contributed by atoms with E-state index in [1.54, 1.807) is 24.3 Å². The minimum Gasteiger partial charge on any atom is -0.481 e. The molecule has 0 heterocycles. The zero-order valence-corrected chi connectivity index (χ0v) is 13.3. The van der Waals surface area contributed by atoms with Gasteiger partial charge in [0.05, 0.1) is 18.5 Å². The van der Waals surface area contributed by atoms with E-state index in [1.807, 2.05) is 0 Å². The molecule has 122 valence electrons. The number of hydrogen-bond acceptors (Lipinski definition) is 3. The molecule has 7 nitrogen and oxygen atoms in total. The lowest BCUT2D eigenvalue weighted by molar-refractivity contribution is -0.137. The summed E-state index contributed by atoms with van der Waals surface area (Å²) in [6.45, 7) is -0.0908. The number of amides is 1. The fourth-order valence-electron chi connectivity index (χ4n) is 1.87. The molecule has 1 amide bonds. The standard InChI is InChI=1S/C13H17ClNO6P/c14-11-3-1-9(2-4-11)7-10(8-22(19,20)21)13(18)15-6-5-12(16)17/h1-4,10H,5-8H2,(H,15,18)(H,16,17)(H2,19,20,21). The van der Waals surface area contributed by atoms with Crippen LogP contribution >= 0.6 is 19.2 Å². The fourth-order valence-corrected chi connectivity index (χ4v) is 2.86. The van der Waals surface area contributed by atoms with Crippen LogP contribution in [0.4, 0.5) is 0 Å². The highest BCUT2D eigenvalue weighted by Crippen LogP contribution is 2.37. The van der Waals surface area contributed by atoms with E-state index in [0.29, 0.717) is 10.6 Å². The molecule has 1 rings (SSSR count). The molecule has 22 heavy (non-hydrogen) atoms. The molecule has 1 atom stereocenters. The highest BCUT2D eigenvalue weighted by atomic mass is 35.5. The summed E-state index contributed by atoms with van der Waals surface area (Å²) in [4.78, 5) is 40.6. The zero-order chi connectivity index (χ0) is 16.8. The Kier molecular flexibility index (Phi) is 7.03. The Balaban J connectivity index is 2.74. The smallest absolute Gasteiger partial charge is 0.326 e. The van der Waals surface area contributed by atoms with Gasteiger partial charge in [0, 0.05) is 11.6 Å². The summed E-state index contributed by atoms with van der Waals surface area (Å²) < 4.78 is 11.2. The number of hydrogen-bond donors (Lipinski definition) is 4. The molecule has 0 saturated heterocycles. The molecule has 1 aromatic carbocycles. The Labute approximate surface area is 132 Å². The second-order valence-corrected chi connectivity index (χ2v) is 6.94. The molecule has 9 heteroatoms. The average molecular weight is 350 g/mol. The van der Waals surface area contributed by atoms with E-state index in [9.17, 15) is 14.2 Å². The Morgan fingerprint density at radius 2 is 1.82 bits per heavy atom. The maximum absolute atomic E-state index is 12.0. The van der Waals surface area contributed by atoms with Gasteiger partial charge in [0.25, 0.3) is 0 Å². The number of rotatable bonds is 8. The van der Waals surface area contributed by atoms with Crippen LogP contribution in [-0.4, -0.2) is 39.5 Å². The molecule has 0 aliphatic rings. The summed E-state index contributed by atoms with van der Waals surface area (Å²) >= 11 is 5.76. The van der Waals surface area contributed by atoms with E-state index in [1.165, 1.54) is 0 Å². The second kappa shape index (κ2) is 8.29. The van der Waals surface area contributed by atoms with Crippen LogP contribution in [0.25, 0.3) is 0 Å². The van der Waals surface area contributed by atoms with Crippen molar-refractivity contribution in [3.63, 3.8) is 0 Å². The quantitative estimate of drug-likeness (QED) is 0.524.